The number of hydrogen-bond donors (Lipinski definition) is 3. The molecule has 2 aliphatic rings. The Morgan fingerprint density at radius 1 is 1.13 bits per heavy atom. The molecule has 86 valence electrons. The van der Waals surface area contributed by atoms with Gasteiger partial charge in [0.25, 0.3) is 0 Å². The zero-order chi connectivity index (χ0) is 11.2. The first-order chi connectivity index (χ1) is 7.01. The number of ether oxygens (including phenoxy) is 1. The van der Waals surface area contributed by atoms with E-state index in [1.54, 1.807) is 12.2 Å². The van der Waals surface area contributed by atoms with Crippen molar-refractivity contribution in [3.05, 3.63) is 12.2 Å². The Balaban J connectivity index is 2.31. The third-order valence-corrected chi connectivity index (χ3v) is 3.55. The van der Waals surface area contributed by atoms with Crippen molar-refractivity contribution < 1.29 is 20.1 Å². The van der Waals surface area contributed by atoms with Crippen LogP contribution in [0, 0.1) is 0 Å². The van der Waals surface area contributed by atoms with Crippen LogP contribution in [0.5, 0.6) is 0 Å². The van der Waals surface area contributed by atoms with Crippen LogP contribution in [0.3, 0.4) is 0 Å². The Hall–Kier alpha value is -0.420. The van der Waals surface area contributed by atoms with E-state index >= 15 is 0 Å². The zero-order valence-corrected chi connectivity index (χ0v) is 8.94. The summed E-state index contributed by atoms with van der Waals surface area (Å²) in [5.41, 5.74) is -2.45. The quantitative estimate of drug-likeness (QED) is 0.577. The van der Waals surface area contributed by atoms with E-state index in [-0.39, 0.29) is 13.2 Å². The first kappa shape index (κ1) is 11.1. The van der Waals surface area contributed by atoms with Gasteiger partial charge in [0.15, 0.2) is 0 Å². The standard InChI is InChI=1S/C11H18O4/c1-2-9(14)5-10(7-12)3-4-11(6-9,8-13)15-10/h3-4,12-14H,2,5-8H2,1H3/t9?,10-,11+. The fourth-order valence-electron chi connectivity index (χ4n) is 2.67. The first-order valence-corrected chi connectivity index (χ1v) is 5.36. The Morgan fingerprint density at radius 2 is 1.60 bits per heavy atom. The summed E-state index contributed by atoms with van der Waals surface area (Å²) in [6, 6.07) is 0. The van der Waals surface area contributed by atoms with Crippen molar-refractivity contribution in [3.63, 3.8) is 0 Å². The predicted molar refractivity (Wildman–Crippen MR) is 54.3 cm³/mol. The lowest BCUT2D eigenvalue weighted by Gasteiger charge is -2.47. The second-order valence-corrected chi connectivity index (χ2v) is 4.81. The van der Waals surface area contributed by atoms with Gasteiger partial charge in [-0.25, -0.2) is 0 Å². The van der Waals surface area contributed by atoms with Crippen LogP contribution in [0.4, 0.5) is 0 Å². The molecule has 0 aromatic rings. The number of hydrogen-bond acceptors (Lipinski definition) is 4. The molecule has 2 rings (SSSR count). The van der Waals surface area contributed by atoms with Crippen LogP contribution in [0.1, 0.15) is 26.2 Å². The van der Waals surface area contributed by atoms with Crippen molar-refractivity contribution in [2.45, 2.75) is 43.0 Å². The molecule has 0 saturated carbocycles. The van der Waals surface area contributed by atoms with Crippen LogP contribution in [0.15, 0.2) is 12.2 Å². The lowest BCUT2D eigenvalue weighted by Crippen LogP contribution is -2.56. The van der Waals surface area contributed by atoms with Gasteiger partial charge in [-0.3, -0.25) is 0 Å². The number of rotatable bonds is 3. The van der Waals surface area contributed by atoms with Gasteiger partial charge in [-0.2, -0.15) is 0 Å². The van der Waals surface area contributed by atoms with Crippen LogP contribution < -0.4 is 0 Å². The molecule has 0 aromatic carbocycles. The van der Waals surface area contributed by atoms with Gasteiger partial charge in [-0.15, -0.1) is 0 Å². The van der Waals surface area contributed by atoms with Crippen LogP contribution in [-0.2, 0) is 4.74 Å². The molecule has 0 aromatic heterocycles. The van der Waals surface area contributed by atoms with E-state index in [1.807, 2.05) is 6.92 Å². The summed E-state index contributed by atoms with van der Waals surface area (Å²) in [6.07, 6.45) is 4.94. The summed E-state index contributed by atoms with van der Waals surface area (Å²) >= 11 is 0. The highest BCUT2D eigenvalue weighted by molar-refractivity contribution is 5.25. The molecule has 0 aliphatic carbocycles. The highest BCUT2D eigenvalue weighted by atomic mass is 16.6. The third kappa shape index (κ3) is 1.61. The lowest BCUT2D eigenvalue weighted by atomic mass is 9.78. The SMILES string of the molecule is CCC1(O)C[C@@]2(CO)C=C[C@@](CO)(C1)O2. The van der Waals surface area contributed by atoms with Gasteiger partial charge in [-0.1, -0.05) is 19.1 Å². The van der Waals surface area contributed by atoms with Crippen LogP contribution in [0.2, 0.25) is 0 Å². The maximum Gasteiger partial charge on any atom is 0.113 e. The second-order valence-electron chi connectivity index (χ2n) is 4.81. The first-order valence-electron chi connectivity index (χ1n) is 5.36. The average Bonchev–Trinajstić information content (AvgIpc) is 2.53. The second kappa shape index (κ2) is 3.28. The minimum atomic E-state index is -0.854. The molecule has 2 bridgehead atoms. The molecule has 0 radical (unpaired) electrons. The third-order valence-electron chi connectivity index (χ3n) is 3.55. The smallest absolute Gasteiger partial charge is 0.113 e. The van der Waals surface area contributed by atoms with E-state index in [0.29, 0.717) is 19.3 Å². The summed E-state index contributed by atoms with van der Waals surface area (Å²) in [7, 11) is 0. The van der Waals surface area contributed by atoms with Gasteiger partial charge < -0.3 is 20.1 Å². The molecule has 0 amide bonds. The Labute approximate surface area is 89.2 Å². The maximum atomic E-state index is 10.3. The molecule has 3 atom stereocenters. The van der Waals surface area contributed by atoms with Gasteiger partial charge in [0.2, 0.25) is 0 Å². The summed E-state index contributed by atoms with van der Waals surface area (Å²) in [6.45, 7) is 1.59. The van der Waals surface area contributed by atoms with Crippen LogP contribution >= 0.6 is 0 Å². The molecule has 4 nitrogen and oxygen atoms in total. The predicted octanol–water partition coefficient (Wildman–Crippen LogP) is -0.0301. The topological polar surface area (TPSA) is 69.9 Å². The molecular formula is C11H18O4. The van der Waals surface area contributed by atoms with Crippen LogP contribution in [-0.4, -0.2) is 45.3 Å². The van der Waals surface area contributed by atoms with Crippen molar-refractivity contribution in [2.75, 3.05) is 13.2 Å². The Kier molecular flexibility index (Phi) is 2.43. The van der Waals surface area contributed by atoms with Crippen molar-refractivity contribution in [2.24, 2.45) is 0 Å². The van der Waals surface area contributed by atoms with Crippen molar-refractivity contribution in [1.29, 1.82) is 0 Å². The normalized spacial score (nSPS) is 48.5. The maximum absolute atomic E-state index is 10.3. The van der Waals surface area contributed by atoms with Gasteiger partial charge in [0, 0.05) is 12.8 Å². The van der Waals surface area contributed by atoms with E-state index in [0.717, 1.165) is 0 Å². The largest absolute Gasteiger partial charge is 0.393 e. The van der Waals surface area contributed by atoms with Crippen molar-refractivity contribution in [3.8, 4) is 0 Å². The van der Waals surface area contributed by atoms with E-state index in [1.165, 1.54) is 0 Å². The molecule has 0 spiro atoms. The van der Waals surface area contributed by atoms with Gasteiger partial charge in [-0.05, 0) is 6.42 Å². The van der Waals surface area contributed by atoms with E-state index in [2.05, 4.69) is 0 Å². The molecule has 1 saturated heterocycles. The molecule has 2 aliphatic heterocycles. The molecule has 1 fully saturated rings. The van der Waals surface area contributed by atoms with Gasteiger partial charge in [0.05, 0.1) is 18.8 Å². The van der Waals surface area contributed by atoms with E-state index < -0.39 is 16.8 Å². The molecule has 1 unspecified atom stereocenters. The molecule has 3 N–H and O–H groups in total. The van der Waals surface area contributed by atoms with Gasteiger partial charge >= 0.3 is 0 Å². The summed E-state index contributed by atoms with van der Waals surface area (Å²) < 4.78 is 5.70. The van der Waals surface area contributed by atoms with Crippen molar-refractivity contribution in [1.82, 2.24) is 0 Å². The zero-order valence-electron chi connectivity index (χ0n) is 8.94. The fourth-order valence-corrected chi connectivity index (χ4v) is 2.67. The molecule has 15 heavy (non-hydrogen) atoms. The molecular weight excluding hydrogens is 196 g/mol. The van der Waals surface area contributed by atoms with E-state index in [4.69, 9.17) is 4.74 Å². The highest BCUT2D eigenvalue weighted by Gasteiger charge is 2.55. The highest BCUT2D eigenvalue weighted by Crippen LogP contribution is 2.48. The monoisotopic (exact) mass is 214 g/mol. The number of fused-ring (bicyclic) bond motifs is 2. The van der Waals surface area contributed by atoms with Crippen molar-refractivity contribution >= 4 is 0 Å². The minimum absolute atomic E-state index is 0.159. The summed E-state index contributed by atoms with van der Waals surface area (Å²) in [4.78, 5) is 0. The summed E-state index contributed by atoms with van der Waals surface area (Å²) in [5, 5.41) is 29.0. The minimum Gasteiger partial charge on any atom is -0.393 e. The summed E-state index contributed by atoms with van der Waals surface area (Å²) in [5.74, 6) is 0. The fraction of sp³-hybridized carbons (Fsp3) is 0.818. The molecule has 2 heterocycles. The van der Waals surface area contributed by atoms with Crippen LogP contribution in [0.25, 0.3) is 0 Å². The Morgan fingerprint density at radius 3 is 1.93 bits per heavy atom. The Bertz CT molecular complexity index is 266. The number of aliphatic hydroxyl groups is 3. The number of aliphatic hydroxyl groups excluding tert-OH is 2. The average molecular weight is 214 g/mol. The lowest BCUT2D eigenvalue weighted by molar-refractivity contribution is -0.217. The van der Waals surface area contributed by atoms with E-state index in [9.17, 15) is 15.3 Å². The molecule has 4 heteroatoms. The van der Waals surface area contributed by atoms with Gasteiger partial charge in [0.1, 0.15) is 11.2 Å².